The number of carboxylic acid groups (broad SMARTS) is 1. The second-order valence-electron chi connectivity index (χ2n) is 4.90. The molecule has 0 bridgehead atoms. The third-order valence-corrected chi connectivity index (χ3v) is 3.36. The van der Waals surface area contributed by atoms with E-state index in [2.05, 4.69) is 27.1 Å². The molecule has 2 rings (SSSR count). The molecule has 2 N–H and O–H groups in total. The first-order chi connectivity index (χ1) is 9.08. The van der Waals surface area contributed by atoms with E-state index < -0.39 is 5.97 Å². The first-order valence-corrected chi connectivity index (χ1v) is 6.66. The summed E-state index contributed by atoms with van der Waals surface area (Å²) in [5, 5.41) is 12.2. The molecule has 0 saturated carbocycles. The number of carbonyl (C=O) groups is 1. The van der Waals surface area contributed by atoms with Crippen molar-refractivity contribution in [3.05, 3.63) is 17.5 Å². The molecule has 0 amide bonds. The van der Waals surface area contributed by atoms with Crippen molar-refractivity contribution in [1.29, 1.82) is 0 Å². The zero-order valence-corrected chi connectivity index (χ0v) is 11.4. The summed E-state index contributed by atoms with van der Waals surface area (Å²) in [6.07, 6.45) is 2.21. The maximum absolute atomic E-state index is 11.0. The molecule has 1 aliphatic heterocycles. The Hall–Kier alpha value is -1.69. The lowest BCUT2D eigenvalue weighted by Gasteiger charge is -2.32. The van der Waals surface area contributed by atoms with Crippen LogP contribution >= 0.6 is 0 Å². The Morgan fingerprint density at radius 1 is 1.58 bits per heavy atom. The van der Waals surface area contributed by atoms with Crippen molar-refractivity contribution in [2.24, 2.45) is 0 Å². The van der Waals surface area contributed by atoms with Crippen molar-refractivity contribution in [2.75, 3.05) is 25.0 Å². The third-order valence-electron chi connectivity index (χ3n) is 3.36. The Morgan fingerprint density at radius 2 is 2.37 bits per heavy atom. The molecule has 1 aromatic rings. The minimum absolute atomic E-state index is 0.0400. The van der Waals surface area contributed by atoms with Gasteiger partial charge in [0.2, 0.25) is 5.95 Å². The molecule has 2 heterocycles. The van der Waals surface area contributed by atoms with Gasteiger partial charge in [-0.05, 0) is 38.9 Å². The predicted octanol–water partition coefficient (Wildman–Crippen LogP) is 1.38. The number of hydrogen-bond acceptors (Lipinski definition) is 5. The quantitative estimate of drug-likeness (QED) is 0.855. The zero-order valence-electron chi connectivity index (χ0n) is 11.4. The van der Waals surface area contributed by atoms with Crippen LogP contribution in [0, 0.1) is 6.92 Å². The number of likely N-dealkylation sites (tertiary alicyclic amines) is 1. The molecule has 19 heavy (non-hydrogen) atoms. The monoisotopic (exact) mass is 264 g/mol. The highest BCUT2D eigenvalue weighted by atomic mass is 16.4. The molecule has 1 aliphatic rings. The Balaban J connectivity index is 2.08. The number of likely N-dealkylation sites (N-methyl/N-ethyl adjacent to an activating group) is 1. The molecule has 104 valence electrons. The number of hydrogen-bond donors (Lipinski definition) is 2. The molecule has 0 spiro atoms. The lowest BCUT2D eigenvalue weighted by molar-refractivity contribution is 0.0690. The number of aromatic nitrogens is 2. The highest BCUT2D eigenvalue weighted by molar-refractivity contribution is 5.85. The van der Waals surface area contributed by atoms with Gasteiger partial charge in [0.15, 0.2) is 5.69 Å². The second-order valence-corrected chi connectivity index (χ2v) is 4.90. The van der Waals surface area contributed by atoms with Crippen LogP contribution in [0.5, 0.6) is 0 Å². The van der Waals surface area contributed by atoms with E-state index in [1.807, 2.05) is 0 Å². The number of carboxylic acids is 1. The van der Waals surface area contributed by atoms with Gasteiger partial charge in [0.05, 0.1) is 0 Å². The normalized spacial score (nSPS) is 20.2. The molecule has 1 atom stereocenters. The fraction of sp³-hybridized carbons (Fsp3) is 0.615. The minimum atomic E-state index is -1.02. The van der Waals surface area contributed by atoms with Crippen LogP contribution in [-0.2, 0) is 0 Å². The lowest BCUT2D eigenvalue weighted by Crippen LogP contribution is -2.42. The van der Waals surface area contributed by atoms with Gasteiger partial charge in [0.1, 0.15) is 0 Å². The average molecular weight is 264 g/mol. The number of piperidine rings is 1. The lowest BCUT2D eigenvalue weighted by atomic mass is 10.1. The Morgan fingerprint density at radius 3 is 3.05 bits per heavy atom. The first kappa shape index (κ1) is 13.7. The van der Waals surface area contributed by atoms with E-state index in [9.17, 15) is 4.79 Å². The highest BCUT2D eigenvalue weighted by Gasteiger charge is 2.19. The van der Waals surface area contributed by atoms with E-state index in [1.165, 1.54) is 6.07 Å². The molecule has 6 heteroatoms. The van der Waals surface area contributed by atoms with Crippen LogP contribution < -0.4 is 5.32 Å². The second kappa shape index (κ2) is 5.97. The number of anilines is 1. The van der Waals surface area contributed by atoms with E-state index in [0.29, 0.717) is 11.6 Å². The fourth-order valence-corrected chi connectivity index (χ4v) is 2.39. The SMILES string of the molecule is CCN1CCCC(Nc2nc(C)cc(C(=O)O)n2)C1. The summed E-state index contributed by atoms with van der Waals surface area (Å²) in [4.78, 5) is 21.6. The summed E-state index contributed by atoms with van der Waals surface area (Å²) in [5.41, 5.74) is 0.705. The van der Waals surface area contributed by atoms with Crippen LogP contribution in [0.4, 0.5) is 5.95 Å². The summed E-state index contributed by atoms with van der Waals surface area (Å²) < 4.78 is 0. The van der Waals surface area contributed by atoms with Crippen molar-refractivity contribution in [3.8, 4) is 0 Å². The van der Waals surface area contributed by atoms with Gasteiger partial charge in [-0.25, -0.2) is 14.8 Å². The van der Waals surface area contributed by atoms with Gasteiger partial charge in [-0.3, -0.25) is 0 Å². The minimum Gasteiger partial charge on any atom is -0.477 e. The van der Waals surface area contributed by atoms with E-state index >= 15 is 0 Å². The van der Waals surface area contributed by atoms with Gasteiger partial charge in [0, 0.05) is 18.3 Å². The van der Waals surface area contributed by atoms with Crippen molar-refractivity contribution in [3.63, 3.8) is 0 Å². The number of nitrogens with one attached hydrogen (secondary N) is 1. The van der Waals surface area contributed by atoms with E-state index in [1.54, 1.807) is 6.92 Å². The summed E-state index contributed by atoms with van der Waals surface area (Å²) in [6.45, 7) is 7.04. The fourth-order valence-electron chi connectivity index (χ4n) is 2.39. The van der Waals surface area contributed by atoms with Crippen LogP contribution in [-0.4, -0.2) is 51.6 Å². The number of nitrogens with zero attached hydrogens (tertiary/aromatic N) is 3. The van der Waals surface area contributed by atoms with Crippen LogP contribution in [0.1, 0.15) is 35.9 Å². The van der Waals surface area contributed by atoms with Gasteiger partial charge in [-0.2, -0.15) is 0 Å². The molecule has 6 nitrogen and oxygen atoms in total. The smallest absolute Gasteiger partial charge is 0.354 e. The van der Waals surface area contributed by atoms with Crippen molar-refractivity contribution >= 4 is 11.9 Å². The molecular weight excluding hydrogens is 244 g/mol. The number of rotatable bonds is 4. The van der Waals surface area contributed by atoms with E-state index in [-0.39, 0.29) is 11.7 Å². The molecule has 1 saturated heterocycles. The van der Waals surface area contributed by atoms with Crippen molar-refractivity contribution in [1.82, 2.24) is 14.9 Å². The van der Waals surface area contributed by atoms with Crippen molar-refractivity contribution < 1.29 is 9.90 Å². The average Bonchev–Trinajstić information content (AvgIpc) is 2.38. The van der Waals surface area contributed by atoms with Crippen LogP contribution in [0.25, 0.3) is 0 Å². The standard InChI is InChI=1S/C13H20N4O2/c1-3-17-6-4-5-10(8-17)15-13-14-9(2)7-11(16-13)12(18)19/h7,10H,3-6,8H2,1-2H3,(H,18,19)(H,14,15,16). The van der Waals surface area contributed by atoms with Crippen molar-refractivity contribution in [2.45, 2.75) is 32.7 Å². The zero-order chi connectivity index (χ0) is 13.8. The maximum Gasteiger partial charge on any atom is 0.354 e. The Kier molecular flexibility index (Phi) is 4.31. The van der Waals surface area contributed by atoms with Gasteiger partial charge in [-0.15, -0.1) is 0 Å². The largest absolute Gasteiger partial charge is 0.477 e. The first-order valence-electron chi connectivity index (χ1n) is 6.66. The summed E-state index contributed by atoms with van der Waals surface area (Å²) in [7, 11) is 0. The summed E-state index contributed by atoms with van der Waals surface area (Å²) in [5.74, 6) is -0.604. The number of aryl methyl sites for hydroxylation is 1. The van der Waals surface area contributed by atoms with Crippen LogP contribution in [0.15, 0.2) is 6.07 Å². The molecule has 0 radical (unpaired) electrons. The van der Waals surface area contributed by atoms with Gasteiger partial charge < -0.3 is 15.3 Å². The molecule has 1 unspecified atom stereocenters. The van der Waals surface area contributed by atoms with Gasteiger partial charge in [-0.1, -0.05) is 6.92 Å². The van der Waals surface area contributed by atoms with Crippen LogP contribution in [0.3, 0.4) is 0 Å². The van der Waals surface area contributed by atoms with E-state index in [0.717, 1.165) is 32.5 Å². The number of aromatic carboxylic acids is 1. The summed E-state index contributed by atoms with van der Waals surface area (Å²) >= 11 is 0. The molecule has 1 aromatic heterocycles. The van der Waals surface area contributed by atoms with Crippen LogP contribution in [0.2, 0.25) is 0 Å². The maximum atomic E-state index is 11.0. The molecule has 0 aromatic carbocycles. The van der Waals surface area contributed by atoms with E-state index in [4.69, 9.17) is 5.11 Å². The van der Waals surface area contributed by atoms with Gasteiger partial charge >= 0.3 is 5.97 Å². The molecular formula is C13H20N4O2. The third kappa shape index (κ3) is 3.64. The topological polar surface area (TPSA) is 78.4 Å². The predicted molar refractivity (Wildman–Crippen MR) is 72.5 cm³/mol. The van der Waals surface area contributed by atoms with Gasteiger partial charge in [0.25, 0.3) is 0 Å². The summed E-state index contributed by atoms with van der Waals surface area (Å²) in [6, 6.07) is 1.77. The Labute approximate surface area is 112 Å². The highest BCUT2D eigenvalue weighted by Crippen LogP contribution is 2.14. The Bertz CT molecular complexity index is 464. The molecule has 1 fully saturated rings. The molecule has 0 aliphatic carbocycles.